The molecule has 1 rings (SSSR count). The molecule has 0 amide bonds. The molecular weight excluding hydrogens is 185 g/mol. The molecule has 1 heterocycles. The van der Waals surface area contributed by atoms with Crippen molar-refractivity contribution in [2.24, 2.45) is 5.73 Å². The van der Waals surface area contributed by atoms with Gasteiger partial charge in [0, 0.05) is 0 Å². The molecule has 0 radical (unpaired) electrons. The summed E-state index contributed by atoms with van der Waals surface area (Å²) in [6, 6.07) is 3.13. The normalized spacial score (nSPS) is 11.8. The number of hydrogen-bond donors (Lipinski definition) is 1. The molecule has 0 unspecified atom stereocenters. The number of nitrogens with two attached hydrogens (primary N) is 1. The summed E-state index contributed by atoms with van der Waals surface area (Å²) in [6.07, 6.45) is 1.59. The van der Waals surface area contributed by atoms with Gasteiger partial charge in [0.05, 0.1) is 6.04 Å². The zero-order chi connectivity index (χ0) is 7.56. The van der Waals surface area contributed by atoms with Crippen LogP contribution in [0.2, 0.25) is 5.22 Å². The standard InChI is InChI=1S/C7H8ClNO.ClH/c1-2-5(9)6-3-4-7(8)10-6;/h2-5H,1,9H2;1H/t5-;/m1./s1. The minimum absolute atomic E-state index is 0. The van der Waals surface area contributed by atoms with E-state index in [-0.39, 0.29) is 18.4 Å². The van der Waals surface area contributed by atoms with Gasteiger partial charge in [-0.2, -0.15) is 0 Å². The van der Waals surface area contributed by atoms with E-state index in [1.54, 1.807) is 18.2 Å². The largest absolute Gasteiger partial charge is 0.448 e. The maximum atomic E-state index is 5.54. The van der Waals surface area contributed by atoms with E-state index in [4.69, 9.17) is 21.8 Å². The minimum Gasteiger partial charge on any atom is -0.448 e. The molecule has 0 fully saturated rings. The highest BCUT2D eigenvalue weighted by Gasteiger charge is 2.04. The Morgan fingerprint density at radius 3 is 2.64 bits per heavy atom. The number of furan rings is 1. The van der Waals surface area contributed by atoms with Crippen LogP contribution in [0.3, 0.4) is 0 Å². The van der Waals surface area contributed by atoms with E-state index in [1.807, 2.05) is 0 Å². The molecular formula is C7H9Cl2NO. The Kier molecular flexibility index (Phi) is 4.26. The molecule has 1 aromatic rings. The molecule has 0 aliphatic carbocycles. The summed E-state index contributed by atoms with van der Waals surface area (Å²) in [7, 11) is 0. The molecule has 0 aliphatic heterocycles. The predicted molar refractivity (Wildman–Crippen MR) is 48.1 cm³/mol. The second-order valence-corrected chi connectivity index (χ2v) is 2.28. The first-order chi connectivity index (χ1) is 4.74. The molecule has 0 aromatic carbocycles. The van der Waals surface area contributed by atoms with Crippen LogP contribution in [-0.4, -0.2) is 0 Å². The molecule has 62 valence electrons. The Morgan fingerprint density at radius 2 is 2.27 bits per heavy atom. The SMILES string of the molecule is C=C[C@@H](N)c1ccc(Cl)o1.Cl. The maximum Gasteiger partial charge on any atom is 0.193 e. The van der Waals surface area contributed by atoms with E-state index in [1.165, 1.54) is 0 Å². The van der Waals surface area contributed by atoms with Crippen molar-refractivity contribution in [1.82, 2.24) is 0 Å². The molecule has 11 heavy (non-hydrogen) atoms. The summed E-state index contributed by atoms with van der Waals surface area (Å²) >= 11 is 5.50. The van der Waals surface area contributed by atoms with Gasteiger partial charge in [0.2, 0.25) is 0 Å². The summed E-state index contributed by atoms with van der Waals surface area (Å²) in [4.78, 5) is 0. The van der Waals surface area contributed by atoms with E-state index in [0.29, 0.717) is 11.0 Å². The van der Waals surface area contributed by atoms with Crippen molar-refractivity contribution in [1.29, 1.82) is 0 Å². The molecule has 0 aliphatic rings. The van der Waals surface area contributed by atoms with Crippen LogP contribution < -0.4 is 5.73 Å². The molecule has 4 heteroatoms. The summed E-state index contributed by atoms with van der Waals surface area (Å²) in [5.41, 5.74) is 5.54. The number of hydrogen-bond acceptors (Lipinski definition) is 2. The van der Waals surface area contributed by atoms with Gasteiger partial charge in [0.15, 0.2) is 5.22 Å². The average Bonchev–Trinajstić information content (AvgIpc) is 2.34. The highest BCUT2D eigenvalue weighted by atomic mass is 35.5. The van der Waals surface area contributed by atoms with Crippen molar-refractivity contribution in [3.8, 4) is 0 Å². The lowest BCUT2D eigenvalue weighted by atomic mass is 10.2. The Morgan fingerprint density at radius 1 is 1.64 bits per heavy atom. The van der Waals surface area contributed by atoms with Gasteiger partial charge >= 0.3 is 0 Å². The number of rotatable bonds is 2. The van der Waals surface area contributed by atoms with E-state index >= 15 is 0 Å². The van der Waals surface area contributed by atoms with Gasteiger partial charge in [-0.05, 0) is 23.7 Å². The van der Waals surface area contributed by atoms with E-state index in [0.717, 1.165) is 0 Å². The Hall–Kier alpha value is -0.440. The van der Waals surface area contributed by atoms with Gasteiger partial charge in [-0.15, -0.1) is 19.0 Å². The third kappa shape index (κ3) is 2.58. The van der Waals surface area contributed by atoms with Crippen molar-refractivity contribution in [2.45, 2.75) is 6.04 Å². The molecule has 1 atom stereocenters. The third-order valence-corrected chi connectivity index (χ3v) is 1.38. The fraction of sp³-hybridized carbons (Fsp3) is 0.143. The lowest BCUT2D eigenvalue weighted by molar-refractivity contribution is 0.496. The molecule has 1 aromatic heterocycles. The van der Waals surface area contributed by atoms with Gasteiger partial charge < -0.3 is 10.2 Å². The summed E-state index contributed by atoms with van der Waals surface area (Å²) in [5.74, 6) is 0.639. The molecule has 0 saturated heterocycles. The van der Waals surface area contributed by atoms with Crippen LogP contribution in [0.4, 0.5) is 0 Å². The average molecular weight is 194 g/mol. The quantitative estimate of drug-likeness (QED) is 0.734. The van der Waals surface area contributed by atoms with Gasteiger partial charge in [0.1, 0.15) is 5.76 Å². The highest BCUT2D eigenvalue weighted by molar-refractivity contribution is 6.28. The zero-order valence-corrected chi connectivity index (χ0v) is 7.36. The van der Waals surface area contributed by atoms with E-state index in [2.05, 4.69) is 6.58 Å². The molecule has 0 saturated carbocycles. The maximum absolute atomic E-state index is 5.54. The fourth-order valence-corrected chi connectivity index (χ4v) is 0.776. The van der Waals surface area contributed by atoms with Crippen LogP contribution in [0.25, 0.3) is 0 Å². The van der Waals surface area contributed by atoms with Crippen LogP contribution in [0.5, 0.6) is 0 Å². The predicted octanol–water partition coefficient (Wildman–Crippen LogP) is 2.54. The van der Waals surface area contributed by atoms with Crippen LogP contribution in [0.15, 0.2) is 29.2 Å². The Bertz CT molecular complexity index is 234. The second kappa shape index (κ2) is 4.44. The van der Waals surface area contributed by atoms with Crippen molar-refractivity contribution in [2.75, 3.05) is 0 Å². The lowest BCUT2D eigenvalue weighted by Crippen LogP contribution is -2.04. The zero-order valence-electron chi connectivity index (χ0n) is 5.79. The number of halogens is 2. The Labute approximate surface area is 76.4 Å². The Balaban J connectivity index is 0.000001000. The van der Waals surface area contributed by atoms with E-state index in [9.17, 15) is 0 Å². The topological polar surface area (TPSA) is 39.2 Å². The molecule has 2 N–H and O–H groups in total. The first-order valence-electron chi connectivity index (χ1n) is 2.87. The van der Waals surface area contributed by atoms with Crippen LogP contribution in [0.1, 0.15) is 11.8 Å². The molecule has 0 bridgehead atoms. The van der Waals surface area contributed by atoms with Crippen LogP contribution in [-0.2, 0) is 0 Å². The van der Waals surface area contributed by atoms with Gasteiger partial charge in [-0.3, -0.25) is 0 Å². The van der Waals surface area contributed by atoms with Gasteiger partial charge in [-0.25, -0.2) is 0 Å². The minimum atomic E-state index is -0.257. The van der Waals surface area contributed by atoms with Gasteiger partial charge in [-0.1, -0.05) is 6.08 Å². The fourth-order valence-electron chi connectivity index (χ4n) is 0.624. The smallest absolute Gasteiger partial charge is 0.193 e. The van der Waals surface area contributed by atoms with Crippen molar-refractivity contribution in [3.63, 3.8) is 0 Å². The first kappa shape index (κ1) is 10.6. The van der Waals surface area contributed by atoms with Crippen molar-refractivity contribution < 1.29 is 4.42 Å². The monoisotopic (exact) mass is 193 g/mol. The van der Waals surface area contributed by atoms with Gasteiger partial charge in [0.25, 0.3) is 0 Å². The molecule has 2 nitrogen and oxygen atoms in total. The van der Waals surface area contributed by atoms with Crippen molar-refractivity contribution in [3.05, 3.63) is 35.8 Å². The first-order valence-corrected chi connectivity index (χ1v) is 3.25. The van der Waals surface area contributed by atoms with Crippen LogP contribution in [0, 0.1) is 0 Å². The lowest BCUT2D eigenvalue weighted by Gasteiger charge is -1.98. The van der Waals surface area contributed by atoms with Crippen molar-refractivity contribution >= 4 is 24.0 Å². The second-order valence-electron chi connectivity index (χ2n) is 1.90. The molecule has 0 spiro atoms. The summed E-state index contributed by atoms with van der Waals surface area (Å²) < 4.78 is 5.01. The van der Waals surface area contributed by atoms with E-state index < -0.39 is 0 Å². The summed E-state index contributed by atoms with van der Waals surface area (Å²) in [6.45, 7) is 3.52. The van der Waals surface area contributed by atoms with Crippen LogP contribution >= 0.6 is 24.0 Å². The third-order valence-electron chi connectivity index (χ3n) is 1.18. The summed E-state index contributed by atoms with van der Waals surface area (Å²) in [5, 5.41) is 0.354. The highest BCUT2D eigenvalue weighted by Crippen LogP contribution is 2.18.